The summed E-state index contributed by atoms with van der Waals surface area (Å²) in [7, 11) is -3.76. The van der Waals surface area contributed by atoms with Gasteiger partial charge in [-0.1, -0.05) is 161 Å². The fraction of sp³-hybridized carbons (Fsp3) is 0.581. The van der Waals surface area contributed by atoms with Gasteiger partial charge in [0.05, 0.1) is 0 Å². The van der Waals surface area contributed by atoms with Crippen molar-refractivity contribution in [1.82, 2.24) is 0 Å². The molecule has 4 heteroatoms. The van der Waals surface area contributed by atoms with E-state index in [-0.39, 0.29) is 32.5 Å². The van der Waals surface area contributed by atoms with Gasteiger partial charge < -0.3 is 0 Å². The maximum absolute atomic E-state index is 13.3. The normalized spacial score (nSPS) is 16.0. The second-order valence-corrected chi connectivity index (χ2v) is 22.0. The van der Waals surface area contributed by atoms with Crippen molar-refractivity contribution < 1.29 is 13.9 Å². The lowest BCUT2D eigenvalue weighted by Crippen LogP contribution is -2.33. The second kappa shape index (κ2) is 11.6. The number of hydrogen-bond donors (Lipinski definition) is 1. The molecule has 0 radical (unpaired) electrons. The molecule has 0 bridgehead atoms. The van der Waals surface area contributed by atoms with Crippen LogP contribution in [-0.4, -0.2) is 4.89 Å². The molecule has 4 rings (SSSR count). The molecule has 47 heavy (non-hydrogen) atoms. The van der Waals surface area contributed by atoms with Crippen LogP contribution in [0.25, 0.3) is 0 Å². The third-order valence-corrected chi connectivity index (χ3v) is 11.3. The minimum absolute atomic E-state index is 0.0486. The zero-order chi connectivity index (χ0) is 35.9. The second-order valence-electron chi connectivity index (χ2n) is 20.1. The molecular formula is C43H64O3P+. The van der Waals surface area contributed by atoms with Gasteiger partial charge in [0.2, 0.25) is 5.30 Å². The summed E-state index contributed by atoms with van der Waals surface area (Å²) in [4.78, 5) is 13.3. The van der Waals surface area contributed by atoms with Gasteiger partial charge in [-0.05, 0) is 55.2 Å². The first-order chi connectivity index (χ1) is 20.9. The average molecular weight is 660 g/mol. The smallest absolute Gasteiger partial charge is 0.273 e. The van der Waals surface area contributed by atoms with E-state index in [0.29, 0.717) is 6.42 Å². The van der Waals surface area contributed by atoms with Gasteiger partial charge in [-0.2, -0.15) is 4.89 Å². The highest BCUT2D eigenvalue weighted by molar-refractivity contribution is 7.69. The lowest BCUT2D eigenvalue weighted by molar-refractivity contribution is 0.344. The summed E-state index contributed by atoms with van der Waals surface area (Å²) < 4.78 is 14.3. The minimum atomic E-state index is -3.76. The van der Waals surface area contributed by atoms with E-state index in [4.69, 9.17) is 9.05 Å². The van der Waals surface area contributed by atoms with Crippen LogP contribution in [0.15, 0.2) is 42.5 Å². The Morgan fingerprint density at radius 3 is 1.11 bits per heavy atom. The molecule has 0 spiro atoms. The predicted molar refractivity (Wildman–Crippen MR) is 204 cm³/mol. The van der Waals surface area contributed by atoms with Crippen molar-refractivity contribution in [2.45, 2.75) is 164 Å². The first-order valence-corrected chi connectivity index (χ1v) is 19.0. The van der Waals surface area contributed by atoms with Gasteiger partial charge in [-0.3, -0.25) is 9.05 Å². The first kappa shape index (κ1) is 37.5. The van der Waals surface area contributed by atoms with Crippen molar-refractivity contribution in [1.29, 1.82) is 0 Å². The standard InChI is InChI=1S/C43H64O3P/c1-38(2,3)29-19-20-35(32(24-29)41(10,11)12)47(44)45-36-27(22-30(39(4,5)6)25-33(36)42(13,14)15)21-28-23-31(40(7,8)9)26-34(37(28)46-47)43(16,17)18/h19-20,22-26,44H,21H2,1-18H3/q+1. The van der Waals surface area contributed by atoms with E-state index in [0.717, 1.165) is 44.6 Å². The summed E-state index contributed by atoms with van der Waals surface area (Å²) in [6.45, 7) is 40.4. The molecule has 258 valence electrons. The third kappa shape index (κ3) is 7.78. The van der Waals surface area contributed by atoms with Gasteiger partial charge in [-0.15, -0.1) is 0 Å². The van der Waals surface area contributed by atoms with Crippen LogP contribution in [0.1, 0.15) is 169 Å². The molecule has 1 aliphatic heterocycles. The zero-order valence-electron chi connectivity index (χ0n) is 33.0. The fourth-order valence-corrected chi connectivity index (χ4v) is 8.38. The highest BCUT2D eigenvalue weighted by Gasteiger charge is 2.54. The van der Waals surface area contributed by atoms with E-state index in [1.54, 1.807) is 0 Å². The maximum atomic E-state index is 13.3. The number of fused-ring (bicyclic) bond motifs is 2. The van der Waals surface area contributed by atoms with Crippen molar-refractivity contribution in [2.75, 3.05) is 0 Å². The van der Waals surface area contributed by atoms with E-state index >= 15 is 0 Å². The van der Waals surface area contributed by atoms with Crippen LogP contribution in [0, 0.1) is 0 Å². The van der Waals surface area contributed by atoms with Crippen molar-refractivity contribution in [3.05, 3.63) is 87.0 Å². The summed E-state index contributed by atoms with van der Waals surface area (Å²) in [5.74, 6) is 1.51. The summed E-state index contributed by atoms with van der Waals surface area (Å²) in [6.07, 6.45) is 0.653. The Kier molecular flexibility index (Phi) is 9.27. The van der Waals surface area contributed by atoms with Crippen molar-refractivity contribution in [3.8, 4) is 11.5 Å². The Morgan fingerprint density at radius 1 is 0.447 bits per heavy atom. The van der Waals surface area contributed by atoms with Gasteiger partial charge in [0.15, 0.2) is 11.5 Å². The molecule has 1 N–H and O–H groups in total. The fourth-order valence-electron chi connectivity index (χ4n) is 6.26. The van der Waals surface area contributed by atoms with E-state index < -0.39 is 7.94 Å². The van der Waals surface area contributed by atoms with Crippen LogP contribution in [0.3, 0.4) is 0 Å². The van der Waals surface area contributed by atoms with Crippen LogP contribution >= 0.6 is 7.94 Å². The zero-order valence-corrected chi connectivity index (χ0v) is 33.9. The van der Waals surface area contributed by atoms with Crippen molar-refractivity contribution in [2.24, 2.45) is 0 Å². The Balaban J connectivity index is 2.22. The molecule has 0 amide bonds. The molecule has 0 fully saturated rings. The molecule has 0 saturated heterocycles. The molecule has 0 aromatic heterocycles. The number of hydrogen-bond acceptors (Lipinski definition) is 3. The molecule has 0 atom stereocenters. The van der Waals surface area contributed by atoms with Crippen LogP contribution in [-0.2, 0) is 38.9 Å². The largest absolute Gasteiger partial charge is 0.533 e. The van der Waals surface area contributed by atoms with Crippen LogP contribution in [0.4, 0.5) is 0 Å². The van der Waals surface area contributed by atoms with E-state index in [1.807, 2.05) is 0 Å². The van der Waals surface area contributed by atoms with E-state index in [1.165, 1.54) is 16.7 Å². The van der Waals surface area contributed by atoms with Crippen molar-refractivity contribution >= 4 is 13.2 Å². The van der Waals surface area contributed by atoms with E-state index in [9.17, 15) is 4.89 Å². The summed E-state index contributed by atoms with van der Waals surface area (Å²) >= 11 is 0. The van der Waals surface area contributed by atoms with Crippen LogP contribution < -0.4 is 14.4 Å². The van der Waals surface area contributed by atoms with Gasteiger partial charge in [0.1, 0.15) is 0 Å². The summed E-state index contributed by atoms with van der Waals surface area (Å²) in [6, 6.07) is 15.7. The molecule has 3 aromatic rings. The Bertz CT molecular complexity index is 1570. The highest BCUT2D eigenvalue weighted by atomic mass is 31.2. The quantitative estimate of drug-likeness (QED) is 0.264. The Labute approximate surface area is 288 Å². The van der Waals surface area contributed by atoms with Crippen molar-refractivity contribution in [3.63, 3.8) is 0 Å². The Hall–Kier alpha value is -2.35. The predicted octanol–water partition coefficient (Wildman–Crippen LogP) is 11.9. The highest BCUT2D eigenvalue weighted by Crippen LogP contribution is 2.62. The number of benzene rings is 3. The minimum Gasteiger partial charge on any atom is -0.273 e. The molecule has 0 saturated carbocycles. The number of rotatable bonds is 1. The SMILES string of the molecule is CC(C)(C)c1ccc([P+]2(O)Oc3c(cc(C(C)(C)C)cc3C(C)(C)C)Cc3cc(C(C)(C)C)cc(C(C)(C)C)c3O2)c(C(C)(C)C)c1. The molecule has 1 aliphatic rings. The molecule has 1 heterocycles. The summed E-state index contributed by atoms with van der Waals surface area (Å²) in [5, 5.41) is 0.747. The molecule has 3 aromatic carbocycles. The topological polar surface area (TPSA) is 38.7 Å². The van der Waals surface area contributed by atoms with Gasteiger partial charge in [0, 0.05) is 34.2 Å². The average Bonchev–Trinajstić information content (AvgIpc) is 2.85. The third-order valence-electron chi connectivity index (χ3n) is 9.47. The lowest BCUT2D eigenvalue weighted by Gasteiger charge is -2.35. The molecular weight excluding hydrogens is 595 g/mol. The molecule has 3 nitrogen and oxygen atoms in total. The van der Waals surface area contributed by atoms with Crippen LogP contribution in [0.5, 0.6) is 11.5 Å². The summed E-state index contributed by atoms with van der Waals surface area (Å²) in [5.41, 5.74) is 8.29. The monoisotopic (exact) mass is 659 g/mol. The van der Waals surface area contributed by atoms with Gasteiger partial charge in [-0.25, -0.2) is 0 Å². The maximum Gasteiger partial charge on any atom is 0.533 e. The molecule has 0 aliphatic carbocycles. The lowest BCUT2D eigenvalue weighted by atomic mass is 9.76. The Morgan fingerprint density at radius 2 is 0.787 bits per heavy atom. The molecule has 0 unspecified atom stereocenters. The van der Waals surface area contributed by atoms with Crippen LogP contribution in [0.2, 0.25) is 0 Å². The first-order valence-electron chi connectivity index (χ1n) is 17.5. The van der Waals surface area contributed by atoms with Gasteiger partial charge >= 0.3 is 7.94 Å². The van der Waals surface area contributed by atoms with E-state index in [2.05, 4.69) is 167 Å². The van der Waals surface area contributed by atoms with Gasteiger partial charge in [0.25, 0.3) is 0 Å².